The van der Waals surface area contributed by atoms with Crippen LogP contribution in [0.15, 0.2) is 48.5 Å². The van der Waals surface area contributed by atoms with Gasteiger partial charge in [-0.15, -0.1) is 0 Å². The van der Waals surface area contributed by atoms with Crippen LogP contribution in [0, 0.1) is 5.82 Å². The van der Waals surface area contributed by atoms with Gasteiger partial charge >= 0.3 is 6.18 Å². The van der Waals surface area contributed by atoms with E-state index in [1.165, 1.54) is 30.3 Å². The average molecular weight is 324 g/mol. The fraction of sp³-hybridized carbons (Fsp3) is 0.118. The fourth-order valence-corrected chi connectivity index (χ4v) is 1.95. The summed E-state index contributed by atoms with van der Waals surface area (Å²) in [7, 11) is 1.12. The highest BCUT2D eigenvalue weighted by Gasteiger charge is 2.34. The Labute approximate surface area is 130 Å². The lowest BCUT2D eigenvalue weighted by atomic mass is 10.0. The Kier molecular flexibility index (Phi) is 4.83. The standard InChI is InChI=1S/C17H12F4O2/c1-23-16-9-7-12(10-13(16)17(19,20)21)15(22)8-6-11-4-2-3-5-14(11)18/h2-10H,1H3/b8-6+. The molecular formula is C17H12F4O2. The maximum absolute atomic E-state index is 13.4. The van der Waals surface area contributed by atoms with Crippen molar-refractivity contribution in [3.63, 3.8) is 0 Å². The van der Waals surface area contributed by atoms with E-state index in [0.29, 0.717) is 6.07 Å². The zero-order valence-electron chi connectivity index (χ0n) is 12.0. The number of carbonyl (C=O) groups excluding carboxylic acids is 1. The molecule has 0 radical (unpaired) electrons. The molecule has 0 saturated carbocycles. The minimum Gasteiger partial charge on any atom is -0.496 e. The number of rotatable bonds is 4. The van der Waals surface area contributed by atoms with Crippen LogP contribution in [-0.4, -0.2) is 12.9 Å². The molecule has 0 spiro atoms. The lowest BCUT2D eigenvalue weighted by molar-refractivity contribution is -0.138. The molecule has 0 N–H and O–H groups in total. The zero-order valence-corrected chi connectivity index (χ0v) is 12.0. The summed E-state index contributed by atoms with van der Waals surface area (Å²) in [6.07, 6.45) is -2.40. The normalized spacial score (nSPS) is 11.7. The van der Waals surface area contributed by atoms with E-state index in [4.69, 9.17) is 0 Å². The van der Waals surface area contributed by atoms with Crippen LogP contribution in [-0.2, 0) is 6.18 Å². The van der Waals surface area contributed by atoms with Crippen molar-refractivity contribution in [2.45, 2.75) is 6.18 Å². The molecule has 2 aromatic carbocycles. The van der Waals surface area contributed by atoms with Crippen LogP contribution >= 0.6 is 0 Å². The topological polar surface area (TPSA) is 26.3 Å². The van der Waals surface area contributed by atoms with E-state index >= 15 is 0 Å². The zero-order chi connectivity index (χ0) is 17.0. The Balaban J connectivity index is 2.32. The van der Waals surface area contributed by atoms with Crippen molar-refractivity contribution in [1.82, 2.24) is 0 Å². The largest absolute Gasteiger partial charge is 0.496 e. The molecule has 0 heterocycles. The van der Waals surface area contributed by atoms with E-state index in [1.54, 1.807) is 6.07 Å². The minimum absolute atomic E-state index is 0.161. The lowest BCUT2D eigenvalue weighted by Gasteiger charge is -2.12. The van der Waals surface area contributed by atoms with Gasteiger partial charge in [0.1, 0.15) is 11.6 Å². The highest BCUT2D eigenvalue weighted by molar-refractivity contribution is 6.07. The van der Waals surface area contributed by atoms with Crippen LogP contribution < -0.4 is 4.74 Å². The second kappa shape index (κ2) is 6.64. The van der Waals surface area contributed by atoms with Gasteiger partial charge in [0, 0.05) is 11.1 Å². The number of halogens is 4. The molecule has 0 aliphatic heterocycles. The van der Waals surface area contributed by atoms with Crippen molar-refractivity contribution in [3.8, 4) is 5.75 Å². The lowest BCUT2D eigenvalue weighted by Crippen LogP contribution is -2.09. The maximum atomic E-state index is 13.4. The first-order chi connectivity index (χ1) is 10.8. The predicted molar refractivity (Wildman–Crippen MR) is 77.8 cm³/mol. The van der Waals surface area contributed by atoms with Gasteiger partial charge in [0.15, 0.2) is 5.78 Å². The number of ketones is 1. The number of alkyl halides is 3. The average Bonchev–Trinajstić information content (AvgIpc) is 2.52. The first kappa shape index (κ1) is 16.7. The van der Waals surface area contributed by atoms with E-state index in [9.17, 15) is 22.4 Å². The fourth-order valence-electron chi connectivity index (χ4n) is 1.95. The molecule has 0 aliphatic carbocycles. The molecule has 6 heteroatoms. The molecule has 0 fully saturated rings. The number of hydrogen-bond acceptors (Lipinski definition) is 2. The van der Waals surface area contributed by atoms with Crippen LogP contribution in [0.2, 0.25) is 0 Å². The Bertz CT molecular complexity index is 748. The molecule has 0 bridgehead atoms. The van der Waals surface area contributed by atoms with Gasteiger partial charge in [0.25, 0.3) is 0 Å². The molecular weight excluding hydrogens is 312 g/mol. The summed E-state index contributed by atoms with van der Waals surface area (Å²) in [5, 5.41) is 0. The van der Waals surface area contributed by atoms with Crippen LogP contribution in [0.3, 0.4) is 0 Å². The van der Waals surface area contributed by atoms with E-state index in [1.807, 2.05) is 0 Å². The second-order valence-corrected chi connectivity index (χ2v) is 4.63. The summed E-state index contributed by atoms with van der Waals surface area (Å²) in [5.41, 5.74) is -1.03. The third-order valence-corrected chi connectivity index (χ3v) is 3.11. The van der Waals surface area contributed by atoms with Crippen LogP contribution in [0.5, 0.6) is 5.75 Å². The van der Waals surface area contributed by atoms with E-state index in [0.717, 1.165) is 19.3 Å². The molecule has 0 saturated heterocycles. The number of methoxy groups -OCH3 is 1. The number of ether oxygens (including phenoxy) is 1. The van der Waals surface area contributed by atoms with E-state index in [-0.39, 0.29) is 16.9 Å². The van der Waals surface area contributed by atoms with E-state index in [2.05, 4.69) is 4.74 Å². The first-order valence-electron chi connectivity index (χ1n) is 6.55. The monoisotopic (exact) mass is 324 g/mol. The molecule has 0 aliphatic rings. The summed E-state index contributed by atoms with van der Waals surface area (Å²) in [4.78, 5) is 12.0. The van der Waals surface area contributed by atoms with Gasteiger partial charge < -0.3 is 4.74 Å². The van der Waals surface area contributed by atoms with Gasteiger partial charge in [0.2, 0.25) is 0 Å². The quantitative estimate of drug-likeness (QED) is 0.461. The molecule has 0 amide bonds. The van der Waals surface area contributed by atoms with Crippen molar-refractivity contribution < 1.29 is 27.1 Å². The molecule has 2 rings (SSSR count). The van der Waals surface area contributed by atoms with E-state index < -0.39 is 23.3 Å². The summed E-state index contributed by atoms with van der Waals surface area (Å²) in [6, 6.07) is 8.77. The predicted octanol–water partition coefficient (Wildman–Crippen LogP) is 4.75. The number of carbonyl (C=O) groups is 1. The van der Waals surface area contributed by atoms with Gasteiger partial charge in [-0.1, -0.05) is 18.2 Å². The second-order valence-electron chi connectivity index (χ2n) is 4.63. The highest BCUT2D eigenvalue weighted by atomic mass is 19.4. The van der Waals surface area contributed by atoms with Gasteiger partial charge in [-0.3, -0.25) is 4.79 Å². The summed E-state index contributed by atoms with van der Waals surface area (Å²) in [6.45, 7) is 0. The van der Waals surface area contributed by atoms with Crippen molar-refractivity contribution in [3.05, 3.63) is 71.0 Å². The molecule has 2 nitrogen and oxygen atoms in total. The first-order valence-corrected chi connectivity index (χ1v) is 6.55. The van der Waals surface area contributed by atoms with Gasteiger partial charge in [-0.25, -0.2) is 4.39 Å². The molecule has 0 atom stereocenters. The Morgan fingerprint density at radius 3 is 2.43 bits per heavy atom. The van der Waals surface area contributed by atoms with Gasteiger partial charge in [-0.05, 0) is 36.4 Å². The van der Waals surface area contributed by atoms with Gasteiger partial charge in [0.05, 0.1) is 12.7 Å². The van der Waals surface area contributed by atoms with Crippen LogP contribution in [0.1, 0.15) is 21.5 Å². The van der Waals surface area contributed by atoms with Crippen molar-refractivity contribution >= 4 is 11.9 Å². The maximum Gasteiger partial charge on any atom is 0.419 e. The Morgan fingerprint density at radius 1 is 1.13 bits per heavy atom. The van der Waals surface area contributed by atoms with Crippen molar-refractivity contribution in [1.29, 1.82) is 0 Å². The number of hydrogen-bond donors (Lipinski definition) is 0. The molecule has 0 aromatic heterocycles. The molecule has 2 aromatic rings. The summed E-state index contributed by atoms with van der Waals surface area (Å²) in [5.74, 6) is -1.56. The minimum atomic E-state index is -4.64. The van der Waals surface area contributed by atoms with Crippen LogP contribution in [0.25, 0.3) is 6.08 Å². The third-order valence-electron chi connectivity index (χ3n) is 3.11. The summed E-state index contributed by atoms with van der Waals surface area (Å²) >= 11 is 0. The van der Waals surface area contributed by atoms with Crippen LogP contribution in [0.4, 0.5) is 17.6 Å². The molecule has 120 valence electrons. The molecule has 0 unspecified atom stereocenters. The molecule has 23 heavy (non-hydrogen) atoms. The number of benzene rings is 2. The Morgan fingerprint density at radius 2 is 1.83 bits per heavy atom. The third kappa shape index (κ3) is 3.97. The highest BCUT2D eigenvalue weighted by Crippen LogP contribution is 2.36. The Hall–Kier alpha value is -2.63. The smallest absolute Gasteiger partial charge is 0.419 e. The number of allylic oxidation sites excluding steroid dienone is 1. The SMILES string of the molecule is COc1ccc(C(=O)/C=C/c2ccccc2F)cc1C(F)(F)F. The summed E-state index contributed by atoms with van der Waals surface area (Å²) < 4.78 is 56.9. The van der Waals surface area contributed by atoms with Gasteiger partial charge in [-0.2, -0.15) is 13.2 Å². The van der Waals surface area contributed by atoms with Crippen molar-refractivity contribution in [2.24, 2.45) is 0 Å². The van der Waals surface area contributed by atoms with Crippen molar-refractivity contribution in [2.75, 3.05) is 7.11 Å².